The van der Waals surface area contributed by atoms with Crippen molar-refractivity contribution >= 4 is 50.7 Å². The third kappa shape index (κ3) is 7.62. The first-order chi connectivity index (χ1) is 15.4. The fraction of sp³-hybridized carbons (Fsp3) is 0.391. The molecule has 0 unspecified atom stereocenters. The number of anilines is 1. The Bertz CT molecular complexity index is 1090. The largest absolute Gasteiger partial charge is 0.354 e. The minimum atomic E-state index is -3.76. The number of amides is 2. The predicted octanol–water partition coefficient (Wildman–Crippen LogP) is 4.01. The highest BCUT2D eigenvalue weighted by molar-refractivity contribution is 7.92. The van der Waals surface area contributed by atoms with Crippen LogP contribution in [-0.2, 0) is 26.2 Å². The molecule has 0 radical (unpaired) electrons. The SMILES string of the molecule is CCCNC(=O)[C@H](C)N(Cc1ccc(Cl)c(Cl)c1)C(=O)CN(c1ccc(C)cc1)S(C)(=O)=O. The number of sulfonamides is 1. The van der Waals surface area contributed by atoms with Gasteiger partial charge in [-0.15, -0.1) is 0 Å². The first-order valence-corrected chi connectivity index (χ1v) is 13.1. The van der Waals surface area contributed by atoms with Gasteiger partial charge in [0.15, 0.2) is 0 Å². The van der Waals surface area contributed by atoms with E-state index >= 15 is 0 Å². The molecule has 0 aliphatic carbocycles. The molecule has 1 N–H and O–H groups in total. The molecule has 0 fully saturated rings. The maximum atomic E-state index is 13.4. The molecular formula is C23H29Cl2N3O4S. The van der Waals surface area contributed by atoms with Gasteiger partial charge in [-0.1, -0.05) is 53.9 Å². The molecule has 0 spiro atoms. The highest BCUT2D eigenvalue weighted by Gasteiger charge is 2.30. The van der Waals surface area contributed by atoms with E-state index in [1.54, 1.807) is 49.4 Å². The molecule has 0 aromatic heterocycles. The third-order valence-electron chi connectivity index (χ3n) is 5.05. The van der Waals surface area contributed by atoms with Crippen molar-refractivity contribution in [3.05, 3.63) is 63.6 Å². The Balaban J connectivity index is 2.38. The fourth-order valence-electron chi connectivity index (χ4n) is 3.14. The van der Waals surface area contributed by atoms with Crippen LogP contribution in [0, 0.1) is 6.92 Å². The lowest BCUT2D eigenvalue weighted by atomic mass is 10.1. The standard InChI is InChI=1S/C23H29Cl2N3O4S/c1-5-12-26-23(30)17(3)27(14-18-8-11-20(24)21(25)13-18)22(29)15-28(33(4,31)32)19-9-6-16(2)7-10-19/h6-11,13,17H,5,12,14-15H2,1-4H3,(H,26,30)/t17-/m0/s1. The van der Waals surface area contributed by atoms with Crippen molar-refractivity contribution in [2.75, 3.05) is 23.7 Å². The molecule has 33 heavy (non-hydrogen) atoms. The summed E-state index contributed by atoms with van der Waals surface area (Å²) in [7, 11) is -3.76. The van der Waals surface area contributed by atoms with Gasteiger partial charge in [-0.3, -0.25) is 13.9 Å². The molecule has 2 aromatic carbocycles. The average molecular weight is 514 g/mol. The molecule has 0 heterocycles. The van der Waals surface area contributed by atoms with Crippen molar-refractivity contribution in [3.8, 4) is 0 Å². The number of carbonyl (C=O) groups is 2. The lowest BCUT2D eigenvalue weighted by Gasteiger charge is -2.31. The summed E-state index contributed by atoms with van der Waals surface area (Å²) in [5, 5.41) is 3.47. The van der Waals surface area contributed by atoms with E-state index < -0.39 is 28.5 Å². The van der Waals surface area contributed by atoms with Crippen molar-refractivity contribution in [2.45, 2.75) is 39.8 Å². The van der Waals surface area contributed by atoms with Crippen LogP contribution in [0.5, 0.6) is 0 Å². The van der Waals surface area contributed by atoms with Gasteiger partial charge in [-0.25, -0.2) is 8.42 Å². The minimum absolute atomic E-state index is 0.0575. The number of aryl methyl sites for hydroxylation is 1. The quantitative estimate of drug-likeness (QED) is 0.519. The Morgan fingerprint density at radius 1 is 1.06 bits per heavy atom. The maximum Gasteiger partial charge on any atom is 0.244 e. The van der Waals surface area contributed by atoms with E-state index in [2.05, 4.69) is 5.32 Å². The van der Waals surface area contributed by atoms with Gasteiger partial charge in [-0.2, -0.15) is 0 Å². The van der Waals surface area contributed by atoms with Crippen LogP contribution >= 0.6 is 23.2 Å². The summed E-state index contributed by atoms with van der Waals surface area (Å²) < 4.78 is 26.0. The second-order valence-electron chi connectivity index (χ2n) is 7.84. The second-order valence-corrected chi connectivity index (χ2v) is 10.6. The van der Waals surface area contributed by atoms with Gasteiger partial charge in [0.2, 0.25) is 21.8 Å². The summed E-state index contributed by atoms with van der Waals surface area (Å²) in [6.45, 7) is 5.49. The molecule has 7 nitrogen and oxygen atoms in total. The molecular weight excluding hydrogens is 485 g/mol. The Morgan fingerprint density at radius 3 is 2.24 bits per heavy atom. The zero-order valence-electron chi connectivity index (χ0n) is 19.1. The molecule has 10 heteroatoms. The Morgan fingerprint density at radius 2 is 1.70 bits per heavy atom. The van der Waals surface area contributed by atoms with E-state index in [1.165, 1.54) is 4.90 Å². The molecule has 0 aliphatic heterocycles. The zero-order chi connectivity index (χ0) is 24.8. The molecule has 2 aromatic rings. The smallest absolute Gasteiger partial charge is 0.244 e. The summed E-state index contributed by atoms with van der Waals surface area (Å²) in [6.07, 6.45) is 1.79. The summed E-state index contributed by atoms with van der Waals surface area (Å²) in [5.41, 5.74) is 1.99. The van der Waals surface area contributed by atoms with Crippen LogP contribution in [0.1, 0.15) is 31.4 Å². The lowest BCUT2D eigenvalue weighted by molar-refractivity contribution is -0.139. The van der Waals surface area contributed by atoms with Crippen molar-refractivity contribution in [1.29, 1.82) is 0 Å². The molecule has 2 rings (SSSR count). The van der Waals surface area contributed by atoms with Crippen LogP contribution in [0.15, 0.2) is 42.5 Å². The summed E-state index contributed by atoms with van der Waals surface area (Å²) >= 11 is 12.1. The monoisotopic (exact) mass is 513 g/mol. The molecule has 0 saturated heterocycles. The van der Waals surface area contributed by atoms with Crippen molar-refractivity contribution in [1.82, 2.24) is 10.2 Å². The summed E-state index contributed by atoms with van der Waals surface area (Å²) in [6, 6.07) is 10.9. The van der Waals surface area contributed by atoms with Gasteiger partial charge in [0.05, 0.1) is 22.0 Å². The maximum absolute atomic E-state index is 13.4. The molecule has 0 saturated carbocycles. The molecule has 0 aliphatic rings. The van der Waals surface area contributed by atoms with Crippen LogP contribution in [0.2, 0.25) is 10.0 Å². The number of halogens is 2. The average Bonchev–Trinajstić information content (AvgIpc) is 2.75. The van der Waals surface area contributed by atoms with Gasteiger partial charge in [0.25, 0.3) is 0 Å². The highest BCUT2D eigenvalue weighted by atomic mass is 35.5. The highest BCUT2D eigenvalue weighted by Crippen LogP contribution is 2.24. The first-order valence-electron chi connectivity index (χ1n) is 10.5. The number of carbonyl (C=O) groups excluding carboxylic acids is 2. The van der Waals surface area contributed by atoms with Crippen LogP contribution in [-0.4, -0.2) is 50.5 Å². The number of hydrogen-bond donors (Lipinski definition) is 1. The second kappa shape index (κ2) is 11.7. The summed E-state index contributed by atoms with van der Waals surface area (Å²) in [5.74, 6) is -0.849. The fourth-order valence-corrected chi connectivity index (χ4v) is 4.31. The van der Waals surface area contributed by atoms with E-state index in [9.17, 15) is 18.0 Å². The normalized spacial score (nSPS) is 12.2. The van der Waals surface area contributed by atoms with E-state index in [-0.39, 0.29) is 12.5 Å². The van der Waals surface area contributed by atoms with Gasteiger partial charge in [-0.05, 0) is 50.1 Å². The molecule has 2 amide bonds. The van der Waals surface area contributed by atoms with E-state index in [0.29, 0.717) is 27.8 Å². The van der Waals surface area contributed by atoms with E-state index in [1.807, 2.05) is 13.8 Å². The van der Waals surface area contributed by atoms with E-state index in [0.717, 1.165) is 22.5 Å². The lowest BCUT2D eigenvalue weighted by Crippen LogP contribution is -2.51. The van der Waals surface area contributed by atoms with Crippen molar-refractivity contribution < 1.29 is 18.0 Å². The Labute approximate surface area is 205 Å². The van der Waals surface area contributed by atoms with Crippen LogP contribution in [0.3, 0.4) is 0 Å². The summed E-state index contributed by atoms with van der Waals surface area (Å²) in [4.78, 5) is 27.4. The number of hydrogen-bond acceptors (Lipinski definition) is 4. The predicted molar refractivity (Wildman–Crippen MR) is 133 cm³/mol. The Kier molecular flexibility index (Phi) is 9.57. The van der Waals surface area contributed by atoms with Crippen LogP contribution in [0.4, 0.5) is 5.69 Å². The van der Waals surface area contributed by atoms with Gasteiger partial charge < -0.3 is 10.2 Å². The number of nitrogens with zero attached hydrogens (tertiary/aromatic N) is 2. The van der Waals surface area contributed by atoms with Gasteiger partial charge in [0.1, 0.15) is 12.6 Å². The Hall–Kier alpha value is -2.29. The van der Waals surface area contributed by atoms with Crippen LogP contribution in [0.25, 0.3) is 0 Å². The number of nitrogens with one attached hydrogen (secondary N) is 1. The number of rotatable bonds is 10. The minimum Gasteiger partial charge on any atom is -0.354 e. The van der Waals surface area contributed by atoms with Crippen molar-refractivity contribution in [2.24, 2.45) is 0 Å². The molecule has 0 bridgehead atoms. The zero-order valence-corrected chi connectivity index (χ0v) is 21.5. The molecule has 180 valence electrons. The topological polar surface area (TPSA) is 86.8 Å². The van der Waals surface area contributed by atoms with Crippen LogP contribution < -0.4 is 9.62 Å². The number of benzene rings is 2. The third-order valence-corrected chi connectivity index (χ3v) is 6.93. The van der Waals surface area contributed by atoms with E-state index in [4.69, 9.17) is 23.2 Å². The van der Waals surface area contributed by atoms with Gasteiger partial charge in [0, 0.05) is 13.1 Å². The first kappa shape index (κ1) is 27.0. The van der Waals surface area contributed by atoms with Gasteiger partial charge >= 0.3 is 0 Å². The molecule has 1 atom stereocenters. The van der Waals surface area contributed by atoms with Crippen molar-refractivity contribution in [3.63, 3.8) is 0 Å².